The van der Waals surface area contributed by atoms with Gasteiger partial charge in [-0.3, -0.25) is 9.78 Å². The average Bonchev–Trinajstić information content (AvgIpc) is 2.36. The van der Waals surface area contributed by atoms with Gasteiger partial charge < -0.3 is 9.84 Å². The summed E-state index contributed by atoms with van der Waals surface area (Å²) in [6.07, 6.45) is 0. The molecule has 5 heteroatoms. The number of aliphatic carboxylic acids is 1. The highest BCUT2D eigenvalue weighted by Gasteiger charge is 2.15. The highest BCUT2D eigenvalue weighted by molar-refractivity contribution is 6.32. The summed E-state index contributed by atoms with van der Waals surface area (Å²) in [5.41, 5.74) is 1.17. The van der Waals surface area contributed by atoms with Gasteiger partial charge in [0.15, 0.2) is 0 Å². The van der Waals surface area contributed by atoms with E-state index < -0.39 is 11.9 Å². The third-order valence-electron chi connectivity index (χ3n) is 2.80. The first kappa shape index (κ1) is 12.6. The average molecular weight is 266 g/mol. The largest absolute Gasteiger partial charge is 0.495 e. The van der Waals surface area contributed by atoms with Gasteiger partial charge in [0, 0.05) is 5.39 Å². The van der Waals surface area contributed by atoms with Crippen molar-refractivity contribution < 1.29 is 14.6 Å². The number of rotatable bonds is 3. The summed E-state index contributed by atoms with van der Waals surface area (Å²) in [5.74, 6) is -0.971. The standard InChI is InChI=1S/C13H12ClNO3/c1-7(13(16)17)10-4-3-8-5-12(18-2)9(14)6-11(8)15-10/h3-7H,1-2H3,(H,16,17). The molecule has 0 radical (unpaired) electrons. The van der Waals surface area contributed by atoms with Crippen molar-refractivity contribution in [2.24, 2.45) is 0 Å². The Bertz CT molecular complexity index is 612. The SMILES string of the molecule is COc1cc2ccc(C(C)C(=O)O)nc2cc1Cl. The predicted octanol–water partition coefficient (Wildman–Crippen LogP) is 3.08. The Balaban J connectivity index is 2.55. The zero-order valence-electron chi connectivity index (χ0n) is 9.98. The molecule has 94 valence electrons. The van der Waals surface area contributed by atoms with E-state index in [1.165, 1.54) is 0 Å². The topological polar surface area (TPSA) is 59.4 Å². The molecule has 0 saturated carbocycles. The van der Waals surface area contributed by atoms with Crippen molar-refractivity contribution in [2.75, 3.05) is 7.11 Å². The summed E-state index contributed by atoms with van der Waals surface area (Å²) in [5, 5.41) is 10.3. The van der Waals surface area contributed by atoms with Crippen LogP contribution in [0.4, 0.5) is 0 Å². The van der Waals surface area contributed by atoms with Gasteiger partial charge in [-0.2, -0.15) is 0 Å². The highest BCUT2D eigenvalue weighted by Crippen LogP contribution is 2.29. The van der Waals surface area contributed by atoms with Crippen LogP contribution in [0.15, 0.2) is 24.3 Å². The summed E-state index contributed by atoms with van der Waals surface area (Å²) >= 11 is 6.02. The maximum atomic E-state index is 10.9. The molecular formula is C13H12ClNO3. The fourth-order valence-electron chi connectivity index (χ4n) is 1.66. The summed E-state index contributed by atoms with van der Waals surface area (Å²) in [6, 6.07) is 6.97. The Labute approximate surface area is 109 Å². The van der Waals surface area contributed by atoms with E-state index >= 15 is 0 Å². The first-order valence-electron chi connectivity index (χ1n) is 5.40. The molecule has 2 aromatic rings. The van der Waals surface area contributed by atoms with Gasteiger partial charge >= 0.3 is 5.97 Å². The van der Waals surface area contributed by atoms with Crippen LogP contribution < -0.4 is 4.74 Å². The van der Waals surface area contributed by atoms with E-state index in [0.29, 0.717) is 22.0 Å². The normalized spacial score (nSPS) is 12.4. The zero-order chi connectivity index (χ0) is 13.3. The number of fused-ring (bicyclic) bond motifs is 1. The molecule has 18 heavy (non-hydrogen) atoms. The second-order valence-corrected chi connectivity index (χ2v) is 4.38. The first-order chi connectivity index (χ1) is 8.52. The van der Waals surface area contributed by atoms with Gasteiger partial charge in [0.1, 0.15) is 5.75 Å². The van der Waals surface area contributed by atoms with Gasteiger partial charge in [0.05, 0.1) is 29.3 Å². The quantitative estimate of drug-likeness (QED) is 0.926. The van der Waals surface area contributed by atoms with Crippen molar-refractivity contribution in [3.8, 4) is 5.75 Å². The number of carboxylic acids is 1. The Morgan fingerprint density at radius 1 is 1.44 bits per heavy atom. The fraction of sp³-hybridized carbons (Fsp3) is 0.231. The van der Waals surface area contributed by atoms with Crippen LogP contribution in [0.25, 0.3) is 10.9 Å². The van der Waals surface area contributed by atoms with Crippen LogP contribution in [0.2, 0.25) is 5.02 Å². The molecule has 0 spiro atoms. The van der Waals surface area contributed by atoms with E-state index in [2.05, 4.69) is 4.98 Å². The number of hydrogen-bond acceptors (Lipinski definition) is 3. The molecule has 2 rings (SSSR count). The number of pyridine rings is 1. The summed E-state index contributed by atoms with van der Waals surface area (Å²) in [7, 11) is 1.54. The van der Waals surface area contributed by atoms with Gasteiger partial charge in [-0.1, -0.05) is 17.7 Å². The molecule has 0 aliphatic heterocycles. The molecule has 0 bridgehead atoms. The number of aromatic nitrogens is 1. The smallest absolute Gasteiger partial charge is 0.312 e. The van der Waals surface area contributed by atoms with E-state index in [1.807, 2.05) is 6.07 Å². The van der Waals surface area contributed by atoms with Crippen molar-refractivity contribution in [1.82, 2.24) is 4.98 Å². The first-order valence-corrected chi connectivity index (χ1v) is 5.77. The molecule has 0 aliphatic rings. The summed E-state index contributed by atoms with van der Waals surface area (Å²) in [6.45, 7) is 1.60. The molecule has 1 atom stereocenters. The number of nitrogens with zero attached hydrogens (tertiary/aromatic N) is 1. The monoisotopic (exact) mass is 265 g/mol. The molecule has 1 aromatic heterocycles. The van der Waals surface area contributed by atoms with Crippen LogP contribution in [-0.2, 0) is 4.79 Å². The number of carbonyl (C=O) groups is 1. The van der Waals surface area contributed by atoms with Crippen molar-refractivity contribution in [1.29, 1.82) is 0 Å². The fourth-order valence-corrected chi connectivity index (χ4v) is 1.90. The van der Waals surface area contributed by atoms with E-state index in [4.69, 9.17) is 21.4 Å². The highest BCUT2D eigenvalue weighted by atomic mass is 35.5. The lowest BCUT2D eigenvalue weighted by Gasteiger charge is -2.09. The lowest BCUT2D eigenvalue weighted by molar-refractivity contribution is -0.138. The molecule has 0 aliphatic carbocycles. The molecule has 1 unspecified atom stereocenters. The molecular weight excluding hydrogens is 254 g/mol. The predicted molar refractivity (Wildman–Crippen MR) is 69.4 cm³/mol. The maximum absolute atomic E-state index is 10.9. The molecule has 1 N–H and O–H groups in total. The lowest BCUT2D eigenvalue weighted by atomic mass is 10.1. The minimum Gasteiger partial charge on any atom is -0.495 e. The lowest BCUT2D eigenvalue weighted by Crippen LogP contribution is -2.09. The van der Waals surface area contributed by atoms with Crippen LogP contribution in [0, 0.1) is 0 Å². The Kier molecular flexibility index (Phi) is 3.39. The van der Waals surface area contributed by atoms with Crippen molar-refractivity contribution in [3.63, 3.8) is 0 Å². The zero-order valence-corrected chi connectivity index (χ0v) is 10.7. The number of methoxy groups -OCH3 is 1. The number of carboxylic acid groups (broad SMARTS) is 1. The van der Waals surface area contributed by atoms with E-state index in [0.717, 1.165) is 5.39 Å². The summed E-state index contributed by atoms with van der Waals surface area (Å²) < 4.78 is 5.12. The molecule has 0 fully saturated rings. The van der Waals surface area contributed by atoms with Gasteiger partial charge in [-0.25, -0.2) is 0 Å². The van der Waals surface area contributed by atoms with Gasteiger partial charge in [0.25, 0.3) is 0 Å². The van der Waals surface area contributed by atoms with Crippen molar-refractivity contribution in [2.45, 2.75) is 12.8 Å². The van der Waals surface area contributed by atoms with Gasteiger partial charge in [-0.05, 0) is 25.1 Å². The Morgan fingerprint density at radius 2 is 2.17 bits per heavy atom. The van der Waals surface area contributed by atoms with Crippen molar-refractivity contribution >= 4 is 28.5 Å². The third kappa shape index (κ3) is 2.24. The van der Waals surface area contributed by atoms with Crippen LogP contribution in [-0.4, -0.2) is 23.2 Å². The maximum Gasteiger partial charge on any atom is 0.312 e. The number of benzene rings is 1. The Hall–Kier alpha value is -1.81. The van der Waals surface area contributed by atoms with Gasteiger partial charge in [-0.15, -0.1) is 0 Å². The van der Waals surface area contributed by atoms with Crippen molar-refractivity contribution in [3.05, 3.63) is 35.0 Å². The van der Waals surface area contributed by atoms with E-state index in [1.54, 1.807) is 32.2 Å². The molecule has 0 saturated heterocycles. The Morgan fingerprint density at radius 3 is 2.78 bits per heavy atom. The molecule has 1 aromatic carbocycles. The third-order valence-corrected chi connectivity index (χ3v) is 3.09. The summed E-state index contributed by atoms with van der Waals surface area (Å²) in [4.78, 5) is 15.2. The number of hydrogen-bond donors (Lipinski definition) is 1. The second kappa shape index (κ2) is 4.82. The molecule has 4 nitrogen and oxygen atoms in total. The van der Waals surface area contributed by atoms with E-state index in [9.17, 15) is 4.79 Å². The van der Waals surface area contributed by atoms with E-state index in [-0.39, 0.29) is 0 Å². The second-order valence-electron chi connectivity index (χ2n) is 3.98. The van der Waals surface area contributed by atoms with Crippen LogP contribution in [0.5, 0.6) is 5.75 Å². The van der Waals surface area contributed by atoms with Crippen LogP contribution in [0.3, 0.4) is 0 Å². The molecule has 0 amide bonds. The number of halogens is 1. The minimum atomic E-state index is -0.901. The minimum absolute atomic E-state index is 0.456. The number of ether oxygens (including phenoxy) is 1. The van der Waals surface area contributed by atoms with Crippen LogP contribution in [0.1, 0.15) is 18.5 Å². The van der Waals surface area contributed by atoms with Gasteiger partial charge in [0.2, 0.25) is 0 Å². The van der Waals surface area contributed by atoms with Crippen LogP contribution >= 0.6 is 11.6 Å². The molecule has 1 heterocycles.